The van der Waals surface area contributed by atoms with Crippen molar-refractivity contribution in [2.45, 2.75) is 18.9 Å². The second kappa shape index (κ2) is 9.74. The third-order valence-corrected chi connectivity index (χ3v) is 6.70. The van der Waals surface area contributed by atoms with Crippen molar-refractivity contribution in [2.24, 2.45) is 0 Å². The Bertz CT molecular complexity index is 1250. The van der Waals surface area contributed by atoms with Crippen LogP contribution in [0.3, 0.4) is 0 Å². The molecule has 1 atom stereocenters. The number of anilines is 2. The highest BCUT2D eigenvalue weighted by Gasteiger charge is 2.35. The third kappa shape index (κ3) is 4.85. The normalized spacial score (nSPS) is 15.3. The van der Waals surface area contributed by atoms with Crippen LogP contribution in [0.5, 0.6) is 0 Å². The van der Waals surface area contributed by atoms with E-state index in [0.29, 0.717) is 29.5 Å². The van der Waals surface area contributed by atoms with Crippen LogP contribution in [0.1, 0.15) is 23.2 Å². The van der Waals surface area contributed by atoms with Crippen LogP contribution in [-0.4, -0.2) is 58.5 Å². The van der Waals surface area contributed by atoms with Gasteiger partial charge in [0.05, 0.1) is 4.92 Å². The first-order chi connectivity index (χ1) is 16.2. The highest BCUT2D eigenvalue weighted by molar-refractivity contribution is 7.18. The Labute approximate surface area is 204 Å². The lowest BCUT2D eigenvalue weighted by Crippen LogP contribution is -2.43. The zero-order valence-electron chi connectivity index (χ0n) is 18.4. The predicted octanol–water partition coefficient (Wildman–Crippen LogP) is 4.08. The number of carbonyl (C=O) groups excluding carboxylic acids is 2. The molecule has 0 aliphatic carbocycles. The molecule has 0 saturated carbocycles. The minimum absolute atomic E-state index is 0.0549. The van der Waals surface area contributed by atoms with Gasteiger partial charge in [-0.25, -0.2) is 0 Å². The topological polar surface area (TPSA) is 122 Å². The zero-order valence-corrected chi connectivity index (χ0v) is 20.0. The number of aromatic nitrogens is 2. The monoisotopic (exact) mass is 500 g/mol. The molecule has 1 aromatic heterocycles. The molecule has 0 bridgehead atoms. The summed E-state index contributed by atoms with van der Waals surface area (Å²) in [6.07, 6.45) is 1.12. The van der Waals surface area contributed by atoms with Crippen LogP contribution in [0, 0.1) is 10.1 Å². The van der Waals surface area contributed by atoms with E-state index in [9.17, 15) is 19.7 Å². The maximum absolute atomic E-state index is 13.0. The van der Waals surface area contributed by atoms with Crippen LogP contribution in [0.4, 0.5) is 16.5 Å². The van der Waals surface area contributed by atoms with Crippen molar-refractivity contribution in [1.29, 1.82) is 0 Å². The molecule has 2 heterocycles. The zero-order chi connectivity index (χ0) is 24.4. The maximum atomic E-state index is 13.0. The molecular weight excluding hydrogens is 480 g/mol. The van der Waals surface area contributed by atoms with Crippen molar-refractivity contribution in [2.75, 3.05) is 30.9 Å². The summed E-state index contributed by atoms with van der Waals surface area (Å²) >= 11 is 7.09. The molecule has 4 rings (SSSR count). The first-order valence-corrected chi connectivity index (χ1v) is 11.6. The number of hydrogen-bond donors (Lipinski definition) is 1. The molecule has 1 N–H and O–H groups in total. The van der Waals surface area contributed by atoms with Crippen LogP contribution in [0.15, 0.2) is 42.5 Å². The minimum atomic E-state index is -0.714. The van der Waals surface area contributed by atoms with Crippen LogP contribution in [-0.2, 0) is 4.79 Å². The number of benzene rings is 2. The molecule has 1 aliphatic rings. The maximum Gasteiger partial charge on any atom is 0.288 e. The molecule has 1 aliphatic heterocycles. The molecule has 10 nitrogen and oxygen atoms in total. The number of nitro groups is 1. The quantitative estimate of drug-likeness (QED) is 0.399. The smallest absolute Gasteiger partial charge is 0.288 e. The van der Waals surface area contributed by atoms with Crippen molar-refractivity contribution < 1.29 is 14.5 Å². The van der Waals surface area contributed by atoms with Crippen LogP contribution >= 0.6 is 22.9 Å². The molecule has 1 fully saturated rings. The van der Waals surface area contributed by atoms with Gasteiger partial charge in [0.1, 0.15) is 16.1 Å². The summed E-state index contributed by atoms with van der Waals surface area (Å²) in [4.78, 5) is 39.9. The van der Waals surface area contributed by atoms with Crippen molar-refractivity contribution in [3.05, 3.63) is 63.2 Å². The van der Waals surface area contributed by atoms with Gasteiger partial charge in [-0.2, -0.15) is 0 Å². The van der Waals surface area contributed by atoms with Crippen LogP contribution in [0.2, 0.25) is 5.02 Å². The number of likely N-dealkylation sites (tertiary alicyclic amines) is 1. The number of rotatable bonds is 6. The van der Waals surface area contributed by atoms with E-state index in [-0.39, 0.29) is 22.2 Å². The average Bonchev–Trinajstić information content (AvgIpc) is 3.49. The largest absolute Gasteiger partial charge is 0.378 e. The van der Waals surface area contributed by atoms with Gasteiger partial charge in [-0.3, -0.25) is 25.0 Å². The standard InChI is InChI=1S/C22H21ClN6O4S/c1-27(2)15-8-5-13(6-9-15)20-25-26-22(34-20)24-19(30)17-4-3-11-28(17)21(31)14-7-10-16(23)18(12-14)29(32)33/h5-10,12,17H,3-4,11H2,1-2H3,(H,24,26,30). The Morgan fingerprint density at radius 1 is 1.21 bits per heavy atom. The van der Waals surface area contributed by atoms with Crippen molar-refractivity contribution in [3.63, 3.8) is 0 Å². The van der Waals surface area contributed by atoms with Gasteiger partial charge in [0, 0.05) is 43.5 Å². The Morgan fingerprint density at radius 2 is 1.94 bits per heavy atom. The summed E-state index contributed by atoms with van der Waals surface area (Å²) in [6, 6.07) is 11.0. The fraction of sp³-hybridized carbons (Fsp3) is 0.273. The summed E-state index contributed by atoms with van der Waals surface area (Å²) in [5.74, 6) is -0.837. The number of nitrogens with zero attached hydrogens (tertiary/aromatic N) is 5. The molecular formula is C22H21ClN6O4S. The predicted molar refractivity (Wildman–Crippen MR) is 130 cm³/mol. The first-order valence-electron chi connectivity index (χ1n) is 10.4. The Kier molecular flexibility index (Phi) is 6.75. The second-order valence-corrected chi connectivity index (χ2v) is 9.31. The van der Waals surface area contributed by atoms with E-state index in [1.807, 2.05) is 43.3 Å². The Balaban J connectivity index is 1.46. The second-order valence-electron chi connectivity index (χ2n) is 7.92. The molecule has 3 aromatic rings. The van der Waals surface area contributed by atoms with Gasteiger partial charge in [0.15, 0.2) is 0 Å². The third-order valence-electron chi connectivity index (χ3n) is 5.49. The van der Waals surface area contributed by atoms with Crippen molar-refractivity contribution >= 4 is 51.3 Å². The molecule has 12 heteroatoms. The molecule has 2 amide bonds. The average molecular weight is 501 g/mol. The first kappa shape index (κ1) is 23.6. The number of amides is 2. The lowest BCUT2D eigenvalue weighted by atomic mass is 10.1. The number of nitrogens with one attached hydrogen (secondary N) is 1. The van der Waals surface area contributed by atoms with E-state index in [2.05, 4.69) is 15.5 Å². The minimum Gasteiger partial charge on any atom is -0.378 e. The molecule has 2 aromatic carbocycles. The summed E-state index contributed by atoms with van der Waals surface area (Å²) in [5.41, 5.74) is 1.69. The number of carbonyl (C=O) groups is 2. The van der Waals surface area contributed by atoms with Gasteiger partial charge in [-0.05, 0) is 49.2 Å². The molecule has 0 spiro atoms. The molecule has 0 radical (unpaired) electrons. The van der Waals surface area contributed by atoms with E-state index in [0.717, 1.165) is 17.3 Å². The summed E-state index contributed by atoms with van der Waals surface area (Å²) in [7, 11) is 3.91. The van der Waals surface area contributed by atoms with Gasteiger partial charge in [-0.1, -0.05) is 22.9 Å². The Morgan fingerprint density at radius 3 is 2.62 bits per heavy atom. The van der Waals surface area contributed by atoms with E-state index in [4.69, 9.17) is 11.6 Å². The Hall–Kier alpha value is -3.57. The van der Waals surface area contributed by atoms with E-state index in [1.54, 1.807) is 0 Å². The van der Waals surface area contributed by atoms with Gasteiger partial charge in [-0.15, -0.1) is 10.2 Å². The lowest BCUT2D eigenvalue weighted by Gasteiger charge is -2.23. The fourth-order valence-electron chi connectivity index (χ4n) is 3.72. The highest BCUT2D eigenvalue weighted by Crippen LogP contribution is 2.30. The summed E-state index contributed by atoms with van der Waals surface area (Å²) in [6.45, 7) is 0.368. The van der Waals surface area contributed by atoms with Crippen molar-refractivity contribution in [1.82, 2.24) is 15.1 Å². The van der Waals surface area contributed by atoms with Crippen LogP contribution < -0.4 is 10.2 Å². The van der Waals surface area contributed by atoms with Crippen LogP contribution in [0.25, 0.3) is 10.6 Å². The number of nitro benzene ring substituents is 1. The molecule has 1 unspecified atom stereocenters. The molecule has 176 valence electrons. The highest BCUT2D eigenvalue weighted by atomic mass is 35.5. The molecule has 34 heavy (non-hydrogen) atoms. The summed E-state index contributed by atoms with van der Waals surface area (Å²) < 4.78 is 0. The van der Waals surface area contributed by atoms with Gasteiger partial charge in [0.25, 0.3) is 11.6 Å². The van der Waals surface area contributed by atoms with Gasteiger partial charge in [0.2, 0.25) is 11.0 Å². The van der Waals surface area contributed by atoms with E-state index in [1.165, 1.54) is 28.4 Å². The van der Waals surface area contributed by atoms with E-state index >= 15 is 0 Å². The van der Waals surface area contributed by atoms with Gasteiger partial charge < -0.3 is 9.80 Å². The van der Waals surface area contributed by atoms with Gasteiger partial charge >= 0.3 is 0 Å². The lowest BCUT2D eigenvalue weighted by molar-refractivity contribution is -0.384. The van der Waals surface area contributed by atoms with Crippen molar-refractivity contribution in [3.8, 4) is 10.6 Å². The molecule has 1 saturated heterocycles. The summed E-state index contributed by atoms with van der Waals surface area (Å²) in [5, 5.41) is 23.1. The SMILES string of the molecule is CN(C)c1ccc(-c2nnc(NC(=O)C3CCCN3C(=O)c3ccc(Cl)c([N+](=O)[O-])c3)s2)cc1. The fourth-order valence-corrected chi connectivity index (χ4v) is 4.65. The number of hydrogen-bond acceptors (Lipinski definition) is 8. The van der Waals surface area contributed by atoms with E-state index < -0.39 is 16.9 Å². The number of halogens is 1.